The predicted molar refractivity (Wildman–Crippen MR) is 102 cm³/mol. The highest BCUT2D eigenvalue weighted by Crippen LogP contribution is 2.23. The van der Waals surface area contributed by atoms with Gasteiger partial charge in [-0.25, -0.2) is 0 Å². The molecule has 1 aliphatic heterocycles. The molecule has 7 heteroatoms. The largest absolute Gasteiger partial charge is 0.423 e. The molecule has 0 saturated heterocycles. The Morgan fingerprint density at radius 1 is 1.26 bits per heavy atom. The Hall–Kier alpha value is -3.61. The number of anilines is 1. The van der Waals surface area contributed by atoms with E-state index in [1.165, 1.54) is 6.39 Å². The number of nitrogens with one attached hydrogen (secondary N) is 1. The van der Waals surface area contributed by atoms with Crippen LogP contribution in [-0.2, 0) is 0 Å². The Balaban J connectivity index is 1.51. The van der Waals surface area contributed by atoms with E-state index >= 15 is 0 Å². The highest BCUT2D eigenvalue weighted by molar-refractivity contribution is 6.03. The molecule has 7 nitrogen and oxygen atoms in total. The van der Waals surface area contributed by atoms with Crippen LogP contribution in [0.1, 0.15) is 28.9 Å². The molecule has 1 atom stereocenters. The smallest absolute Gasteiger partial charge is 0.274 e. The lowest BCUT2D eigenvalue weighted by atomic mass is 9.96. The molecular weight excluding hydrogens is 342 g/mol. The highest BCUT2D eigenvalue weighted by Gasteiger charge is 2.15. The molecule has 0 radical (unpaired) electrons. The van der Waals surface area contributed by atoms with E-state index in [1.807, 2.05) is 37.3 Å². The van der Waals surface area contributed by atoms with Gasteiger partial charge in [-0.3, -0.25) is 14.8 Å². The maximum atomic E-state index is 12.6. The van der Waals surface area contributed by atoms with Gasteiger partial charge in [0.15, 0.2) is 0 Å². The van der Waals surface area contributed by atoms with Crippen LogP contribution < -0.4 is 5.32 Å². The van der Waals surface area contributed by atoms with Gasteiger partial charge in [-0.05, 0) is 48.9 Å². The van der Waals surface area contributed by atoms with Gasteiger partial charge in [0.1, 0.15) is 5.69 Å². The molecule has 0 spiro atoms. The second-order valence-corrected chi connectivity index (χ2v) is 6.20. The number of nitrogens with zero attached hydrogens (tertiary/aromatic N) is 4. The van der Waals surface area contributed by atoms with Gasteiger partial charge in [-0.15, -0.1) is 10.2 Å². The minimum absolute atomic E-state index is 0.157. The summed E-state index contributed by atoms with van der Waals surface area (Å²) in [5.41, 5.74) is 3.74. The molecule has 1 amide bonds. The third kappa shape index (κ3) is 3.82. The Bertz CT molecular complexity index is 1020. The van der Waals surface area contributed by atoms with Crippen molar-refractivity contribution in [2.24, 2.45) is 4.99 Å². The van der Waals surface area contributed by atoms with Crippen LogP contribution in [0.5, 0.6) is 0 Å². The summed E-state index contributed by atoms with van der Waals surface area (Å²) < 4.78 is 5.19. The van der Waals surface area contributed by atoms with E-state index in [-0.39, 0.29) is 11.8 Å². The molecule has 3 heterocycles. The van der Waals surface area contributed by atoms with Crippen LogP contribution in [0.4, 0.5) is 5.69 Å². The zero-order chi connectivity index (χ0) is 18.6. The summed E-state index contributed by atoms with van der Waals surface area (Å²) in [6.07, 6.45) is 7.02. The number of hydrogen-bond donors (Lipinski definition) is 1. The summed E-state index contributed by atoms with van der Waals surface area (Å²) >= 11 is 0. The number of carbonyl (C=O) groups excluding carboxylic acids is 1. The maximum absolute atomic E-state index is 12.6. The summed E-state index contributed by atoms with van der Waals surface area (Å²) in [5, 5.41) is 10.4. The first kappa shape index (κ1) is 16.8. The molecule has 0 fully saturated rings. The van der Waals surface area contributed by atoms with Crippen LogP contribution in [0.25, 0.3) is 11.5 Å². The molecule has 134 valence electrons. The molecule has 1 aromatic carbocycles. The molecule has 0 bridgehead atoms. The third-order valence-corrected chi connectivity index (χ3v) is 4.28. The normalized spacial score (nSPS) is 16.0. The fourth-order valence-corrected chi connectivity index (χ4v) is 2.85. The topological polar surface area (TPSA) is 93.3 Å². The SMILES string of the molecule is CC1=NCC(c2ccnc(C(=O)Nc3cccc(-c4nnco4)c3)c2)C=C1. The van der Waals surface area contributed by atoms with Gasteiger partial charge in [0.25, 0.3) is 5.91 Å². The number of benzene rings is 1. The summed E-state index contributed by atoms with van der Waals surface area (Å²) in [6.45, 7) is 2.65. The average Bonchev–Trinajstić information content (AvgIpc) is 3.24. The number of rotatable bonds is 4. The van der Waals surface area contributed by atoms with Crippen molar-refractivity contribution in [3.05, 3.63) is 72.4 Å². The standard InChI is InChI=1S/C20H17N5O2/c1-13-5-6-16(11-22-13)14-7-8-21-18(10-14)19(26)24-17-4-2-3-15(9-17)20-25-23-12-27-20/h2-10,12,16H,11H2,1H3,(H,24,26). The maximum Gasteiger partial charge on any atom is 0.274 e. The van der Waals surface area contributed by atoms with Gasteiger partial charge in [0.05, 0.1) is 0 Å². The van der Waals surface area contributed by atoms with E-state index in [2.05, 4.69) is 31.6 Å². The number of aliphatic imine (C=N–C) groups is 1. The highest BCUT2D eigenvalue weighted by atomic mass is 16.4. The molecule has 1 aliphatic rings. The number of aromatic nitrogens is 3. The zero-order valence-electron chi connectivity index (χ0n) is 14.7. The number of allylic oxidation sites excluding steroid dienone is 1. The van der Waals surface area contributed by atoms with Crippen molar-refractivity contribution in [3.63, 3.8) is 0 Å². The Labute approximate surface area is 155 Å². The van der Waals surface area contributed by atoms with Crippen molar-refractivity contribution < 1.29 is 9.21 Å². The Kier molecular flexibility index (Phi) is 4.57. The second-order valence-electron chi connectivity index (χ2n) is 6.20. The number of pyridine rings is 1. The van der Waals surface area contributed by atoms with Crippen molar-refractivity contribution in [3.8, 4) is 11.5 Å². The summed E-state index contributed by atoms with van der Waals surface area (Å²) in [5.74, 6) is 0.272. The van der Waals surface area contributed by atoms with E-state index in [9.17, 15) is 4.79 Å². The lowest BCUT2D eigenvalue weighted by molar-refractivity contribution is 0.102. The van der Waals surface area contributed by atoms with Gasteiger partial charge >= 0.3 is 0 Å². The van der Waals surface area contributed by atoms with Crippen molar-refractivity contribution in [1.29, 1.82) is 0 Å². The summed E-state index contributed by atoms with van der Waals surface area (Å²) in [4.78, 5) is 21.3. The number of amides is 1. The van der Waals surface area contributed by atoms with E-state index in [0.29, 0.717) is 23.8 Å². The summed E-state index contributed by atoms with van der Waals surface area (Å²) in [6, 6.07) is 10.9. The number of carbonyl (C=O) groups is 1. The minimum Gasteiger partial charge on any atom is -0.423 e. The summed E-state index contributed by atoms with van der Waals surface area (Å²) in [7, 11) is 0. The van der Waals surface area contributed by atoms with Gasteiger partial charge < -0.3 is 9.73 Å². The molecule has 0 aliphatic carbocycles. The van der Waals surface area contributed by atoms with Crippen LogP contribution in [-0.4, -0.2) is 33.3 Å². The van der Waals surface area contributed by atoms with Gasteiger partial charge in [0, 0.05) is 35.6 Å². The molecule has 2 aromatic heterocycles. The van der Waals surface area contributed by atoms with Crippen LogP contribution in [0.15, 0.2) is 70.6 Å². The van der Waals surface area contributed by atoms with Gasteiger partial charge in [-0.1, -0.05) is 12.1 Å². The molecule has 27 heavy (non-hydrogen) atoms. The zero-order valence-corrected chi connectivity index (χ0v) is 14.7. The Morgan fingerprint density at radius 2 is 2.19 bits per heavy atom. The number of hydrogen-bond acceptors (Lipinski definition) is 6. The molecule has 0 saturated carbocycles. The Morgan fingerprint density at radius 3 is 2.96 bits per heavy atom. The lowest BCUT2D eigenvalue weighted by Crippen LogP contribution is -2.15. The lowest BCUT2D eigenvalue weighted by Gasteiger charge is -2.15. The first-order chi connectivity index (χ1) is 13.2. The second kappa shape index (κ2) is 7.33. The van der Waals surface area contributed by atoms with E-state index in [0.717, 1.165) is 16.8 Å². The van der Waals surface area contributed by atoms with E-state index < -0.39 is 0 Å². The minimum atomic E-state index is -0.279. The van der Waals surface area contributed by atoms with Crippen LogP contribution >= 0.6 is 0 Å². The van der Waals surface area contributed by atoms with Crippen molar-refractivity contribution in [2.45, 2.75) is 12.8 Å². The van der Waals surface area contributed by atoms with Crippen LogP contribution in [0, 0.1) is 0 Å². The van der Waals surface area contributed by atoms with Crippen molar-refractivity contribution in [1.82, 2.24) is 15.2 Å². The monoisotopic (exact) mass is 359 g/mol. The first-order valence-corrected chi connectivity index (χ1v) is 8.52. The fraction of sp³-hybridized carbons (Fsp3) is 0.150. The number of dihydropyridines is 1. The molecule has 1 N–H and O–H groups in total. The first-order valence-electron chi connectivity index (χ1n) is 8.52. The van der Waals surface area contributed by atoms with E-state index in [1.54, 1.807) is 18.3 Å². The quantitative estimate of drug-likeness (QED) is 0.769. The molecule has 3 aromatic rings. The van der Waals surface area contributed by atoms with Crippen molar-refractivity contribution in [2.75, 3.05) is 11.9 Å². The molecule has 4 rings (SSSR count). The van der Waals surface area contributed by atoms with Crippen LogP contribution in [0.2, 0.25) is 0 Å². The third-order valence-electron chi connectivity index (χ3n) is 4.28. The average molecular weight is 359 g/mol. The van der Waals surface area contributed by atoms with Crippen molar-refractivity contribution >= 4 is 17.3 Å². The molecular formula is C20H17N5O2. The van der Waals surface area contributed by atoms with Crippen LogP contribution in [0.3, 0.4) is 0 Å². The molecule has 1 unspecified atom stereocenters. The fourth-order valence-electron chi connectivity index (χ4n) is 2.85. The van der Waals surface area contributed by atoms with E-state index in [4.69, 9.17) is 4.42 Å². The van der Waals surface area contributed by atoms with Gasteiger partial charge in [0.2, 0.25) is 12.3 Å². The predicted octanol–water partition coefficient (Wildman–Crippen LogP) is 3.50. The van der Waals surface area contributed by atoms with Gasteiger partial charge in [-0.2, -0.15) is 0 Å².